The Balaban J connectivity index is 1.65. The fraction of sp³-hybridized carbons (Fsp3) is 0.200. The first-order chi connectivity index (χ1) is 15.8. The van der Waals surface area contributed by atoms with Crippen molar-refractivity contribution < 1.29 is 14.3 Å². The minimum atomic E-state index is -0.181. The molecule has 0 aliphatic rings. The van der Waals surface area contributed by atoms with Gasteiger partial charge in [0, 0.05) is 15.6 Å². The highest BCUT2D eigenvalue weighted by Crippen LogP contribution is 2.35. The molecular weight excluding hydrogens is 574 g/mol. The maximum absolute atomic E-state index is 12.3. The number of hydrazone groups is 1. The van der Waals surface area contributed by atoms with Gasteiger partial charge in [-0.2, -0.15) is 5.10 Å². The highest BCUT2D eigenvalue weighted by atomic mass is 127. The molecule has 0 heterocycles. The minimum Gasteiger partial charge on any atom is -0.493 e. The highest BCUT2D eigenvalue weighted by molar-refractivity contribution is 14.1. The Labute approximate surface area is 217 Å². The lowest BCUT2D eigenvalue weighted by atomic mass is 10.0. The quantitative estimate of drug-likeness (QED) is 0.184. The summed E-state index contributed by atoms with van der Waals surface area (Å²) in [5.74, 6) is 0.967. The van der Waals surface area contributed by atoms with Crippen LogP contribution in [0.2, 0.25) is 10.0 Å². The average Bonchev–Trinajstić information content (AvgIpc) is 2.75. The summed E-state index contributed by atoms with van der Waals surface area (Å²) in [7, 11) is 1.57. The molecule has 0 aliphatic heterocycles. The number of ether oxygens (including phenoxy) is 2. The van der Waals surface area contributed by atoms with Crippen LogP contribution in [0.25, 0.3) is 0 Å². The Morgan fingerprint density at radius 1 is 1.09 bits per heavy atom. The number of benzene rings is 3. The monoisotopic (exact) mass is 596 g/mol. The molecule has 8 heteroatoms. The van der Waals surface area contributed by atoms with Crippen LogP contribution in [0, 0.1) is 17.4 Å². The first-order valence-electron chi connectivity index (χ1n) is 10.1. The van der Waals surface area contributed by atoms with E-state index in [9.17, 15) is 4.79 Å². The predicted octanol–water partition coefficient (Wildman–Crippen LogP) is 6.50. The minimum absolute atomic E-state index is 0.181. The molecule has 0 aromatic heterocycles. The van der Waals surface area contributed by atoms with Crippen molar-refractivity contribution in [3.8, 4) is 11.5 Å². The molecule has 172 valence electrons. The second-order valence-corrected chi connectivity index (χ2v) is 9.46. The number of hydrogen-bond acceptors (Lipinski definition) is 4. The smallest absolute Gasteiger partial charge is 0.244 e. The summed E-state index contributed by atoms with van der Waals surface area (Å²) in [6, 6.07) is 15.0. The van der Waals surface area contributed by atoms with E-state index >= 15 is 0 Å². The van der Waals surface area contributed by atoms with Crippen LogP contribution in [0.15, 0.2) is 53.6 Å². The molecule has 0 saturated carbocycles. The van der Waals surface area contributed by atoms with Crippen molar-refractivity contribution in [2.24, 2.45) is 5.10 Å². The van der Waals surface area contributed by atoms with E-state index in [-0.39, 0.29) is 18.9 Å². The van der Waals surface area contributed by atoms with Crippen molar-refractivity contribution in [1.82, 2.24) is 5.43 Å². The van der Waals surface area contributed by atoms with Crippen LogP contribution < -0.4 is 14.9 Å². The summed E-state index contributed by atoms with van der Waals surface area (Å²) in [5, 5.41) is 5.20. The molecule has 1 N–H and O–H groups in total. The topological polar surface area (TPSA) is 59.9 Å². The normalized spacial score (nSPS) is 11.0. The van der Waals surface area contributed by atoms with Gasteiger partial charge in [-0.3, -0.25) is 4.79 Å². The summed E-state index contributed by atoms with van der Waals surface area (Å²) >= 11 is 14.4. The molecule has 0 unspecified atom stereocenters. The third-order valence-corrected chi connectivity index (χ3v) is 6.28. The zero-order valence-corrected chi connectivity index (χ0v) is 22.1. The molecule has 0 fully saturated rings. The van der Waals surface area contributed by atoms with Crippen molar-refractivity contribution in [3.63, 3.8) is 0 Å². The molecule has 3 aromatic carbocycles. The molecule has 0 radical (unpaired) electrons. The number of methoxy groups -OCH3 is 1. The van der Waals surface area contributed by atoms with Gasteiger partial charge in [0.25, 0.3) is 0 Å². The molecule has 5 nitrogen and oxygen atoms in total. The van der Waals surface area contributed by atoms with Gasteiger partial charge in [0.2, 0.25) is 5.91 Å². The van der Waals surface area contributed by atoms with Crippen LogP contribution in [-0.4, -0.2) is 19.2 Å². The lowest BCUT2D eigenvalue weighted by molar-refractivity contribution is -0.120. The maximum Gasteiger partial charge on any atom is 0.244 e. The number of amides is 1. The third kappa shape index (κ3) is 7.09. The number of nitrogens with zero attached hydrogens (tertiary/aromatic N) is 1. The number of rotatable bonds is 8. The molecule has 0 saturated heterocycles. The number of hydrogen-bond donors (Lipinski definition) is 1. The van der Waals surface area contributed by atoms with Gasteiger partial charge < -0.3 is 9.47 Å². The molecule has 3 aromatic rings. The largest absolute Gasteiger partial charge is 0.493 e. The van der Waals surface area contributed by atoms with Crippen LogP contribution >= 0.6 is 45.8 Å². The zero-order chi connectivity index (χ0) is 24.0. The molecule has 0 bridgehead atoms. The fourth-order valence-corrected chi connectivity index (χ4v) is 4.42. The second-order valence-electron chi connectivity index (χ2n) is 7.46. The maximum atomic E-state index is 12.3. The molecule has 0 aliphatic carbocycles. The Morgan fingerprint density at radius 2 is 1.85 bits per heavy atom. The number of aryl methyl sites for hydroxylation is 2. The molecule has 3 rings (SSSR count). The molecular formula is C25H23Cl2IN2O3. The van der Waals surface area contributed by atoms with Crippen LogP contribution in [-0.2, 0) is 17.8 Å². The Kier molecular flexibility index (Phi) is 9.00. The van der Waals surface area contributed by atoms with E-state index in [4.69, 9.17) is 32.7 Å². The summed E-state index contributed by atoms with van der Waals surface area (Å²) in [5.41, 5.74) is 7.39. The van der Waals surface area contributed by atoms with E-state index < -0.39 is 0 Å². The third-order valence-electron chi connectivity index (χ3n) is 4.89. The van der Waals surface area contributed by atoms with Gasteiger partial charge in [-0.1, -0.05) is 53.0 Å². The average molecular weight is 597 g/mol. The number of nitrogens with one attached hydrogen (secondary N) is 1. The van der Waals surface area contributed by atoms with Crippen LogP contribution in [0.5, 0.6) is 11.5 Å². The molecule has 1 amide bonds. The summed E-state index contributed by atoms with van der Waals surface area (Å²) in [4.78, 5) is 12.3. The van der Waals surface area contributed by atoms with E-state index in [0.717, 1.165) is 25.8 Å². The molecule has 33 heavy (non-hydrogen) atoms. The molecule has 0 atom stereocenters. The van der Waals surface area contributed by atoms with Crippen molar-refractivity contribution in [2.45, 2.75) is 26.9 Å². The first-order valence-corrected chi connectivity index (χ1v) is 11.9. The number of carbonyl (C=O) groups is 1. The van der Waals surface area contributed by atoms with Gasteiger partial charge in [0.1, 0.15) is 6.61 Å². The van der Waals surface area contributed by atoms with Gasteiger partial charge in [-0.05, 0) is 77.4 Å². The first kappa shape index (κ1) is 25.3. The van der Waals surface area contributed by atoms with Gasteiger partial charge >= 0.3 is 0 Å². The van der Waals surface area contributed by atoms with Crippen molar-refractivity contribution >= 4 is 57.9 Å². The van der Waals surface area contributed by atoms with Gasteiger partial charge in [-0.25, -0.2) is 5.43 Å². The summed E-state index contributed by atoms with van der Waals surface area (Å²) < 4.78 is 12.3. The van der Waals surface area contributed by atoms with Crippen LogP contribution in [0.1, 0.15) is 27.8 Å². The van der Waals surface area contributed by atoms with Crippen molar-refractivity contribution in [2.75, 3.05) is 7.11 Å². The van der Waals surface area contributed by atoms with E-state index in [0.29, 0.717) is 21.5 Å². The summed E-state index contributed by atoms with van der Waals surface area (Å²) in [6.45, 7) is 4.29. The zero-order valence-electron chi connectivity index (χ0n) is 18.4. The van der Waals surface area contributed by atoms with E-state index in [2.05, 4.69) is 39.2 Å². The van der Waals surface area contributed by atoms with Crippen LogP contribution in [0.3, 0.4) is 0 Å². The lowest BCUT2D eigenvalue weighted by Crippen LogP contribution is -2.20. The van der Waals surface area contributed by atoms with Crippen molar-refractivity contribution in [3.05, 3.63) is 90.0 Å². The van der Waals surface area contributed by atoms with Crippen LogP contribution in [0.4, 0.5) is 0 Å². The van der Waals surface area contributed by atoms with Gasteiger partial charge in [-0.15, -0.1) is 0 Å². The predicted molar refractivity (Wildman–Crippen MR) is 142 cm³/mol. The van der Waals surface area contributed by atoms with Gasteiger partial charge in [0.05, 0.1) is 23.3 Å². The standard InChI is InChI=1S/C25H23Cl2IN2O3/c1-15-4-5-18(16(2)8-15)11-24(31)30-29-13-17-9-22(28)25(23(10-17)32-3)33-14-19-6-7-20(26)12-21(19)27/h4-10,12-13H,11,14H2,1-3H3,(H,30,31)/b29-13+. The number of carbonyl (C=O) groups excluding carboxylic acids is 1. The fourth-order valence-electron chi connectivity index (χ4n) is 3.18. The van der Waals surface area contributed by atoms with E-state index in [1.807, 2.05) is 38.1 Å². The van der Waals surface area contributed by atoms with E-state index in [1.165, 1.54) is 5.56 Å². The Morgan fingerprint density at radius 3 is 2.55 bits per heavy atom. The van der Waals surface area contributed by atoms with Crippen molar-refractivity contribution in [1.29, 1.82) is 0 Å². The summed E-state index contributed by atoms with van der Waals surface area (Å²) in [6.07, 6.45) is 1.84. The van der Waals surface area contributed by atoms with Gasteiger partial charge in [0.15, 0.2) is 11.5 Å². The van der Waals surface area contributed by atoms with E-state index in [1.54, 1.807) is 31.5 Å². The second kappa shape index (κ2) is 11.7. The molecule has 0 spiro atoms. The Hall–Kier alpha value is -2.29. The SMILES string of the molecule is COc1cc(/C=N/NC(=O)Cc2ccc(C)cc2C)cc(I)c1OCc1ccc(Cl)cc1Cl. The lowest BCUT2D eigenvalue weighted by Gasteiger charge is -2.14. The Bertz CT molecular complexity index is 1200. The number of halogens is 3. The highest BCUT2D eigenvalue weighted by Gasteiger charge is 2.13.